The van der Waals surface area contributed by atoms with Crippen molar-refractivity contribution in [3.05, 3.63) is 115 Å². The lowest BCUT2D eigenvalue weighted by atomic mass is 10.1. The van der Waals surface area contributed by atoms with Gasteiger partial charge in [-0.15, -0.1) is 0 Å². The first kappa shape index (κ1) is 19.1. The van der Waals surface area contributed by atoms with Gasteiger partial charge in [0.1, 0.15) is 5.65 Å². The highest BCUT2D eigenvalue weighted by molar-refractivity contribution is 7.86. The number of aromatic nitrogens is 2. The molecule has 0 aliphatic carbocycles. The molecule has 8 rings (SSSR count). The third kappa shape index (κ3) is 2.31. The Kier molecular flexibility index (Phi) is 3.66. The molecule has 0 amide bonds. The molecule has 5 aromatic carbocycles. The Bertz CT molecular complexity index is 2000. The number of hydrogen-bond donors (Lipinski definition) is 0. The van der Waals surface area contributed by atoms with E-state index in [1.807, 2.05) is 48.5 Å². The van der Waals surface area contributed by atoms with Crippen molar-refractivity contribution in [1.29, 1.82) is 0 Å². The molecular formula is C31H19N2OP. The molecule has 4 heteroatoms. The molecule has 0 N–H and O–H groups in total. The Hall–Kier alpha value is -4.20. The summed E-state index contributed by atoms with van der Waals surface area (Å²) in [4.78, 5) is 5.05. The van der Waals surface area contributed by atoms with Crippen molar-refractivity contribution in [3.8, 4) is 11.1 Å². The third-order valence-electron chi connectivity index (χ3n) is 7.37. The Balaban J connectivity index is 1.62. The van der Waals surface area contributed by atoms with Crippen LogP contribution >= 0.6 is 7.14 Å². The Labute approximate surface area is 201 Å². The van der Waals surface area contributed by atoms with Crippen LogP contribution in [-0.4, -0.2) is 9.38 Å². The van der Waals surface area contributed by atoms with Crippen LogP contribution in [0.25, 0.3) is 49.5 Å². The summed E-state index contributed by atoms with van der Waals surface area (Å²) in [6, 6.07) is 39.2. The molecule has 7 aromatic rings. The van der Waals surface area contributed by atoms with Crippen molar-refractivity contribution in [2.75, 3.05) is 0 Å². The fourth-order valence-electron chi connectivity index (χ4n) is 5.94. The van der Waals surface area contributed by atoms with E-state index >= 15 is 4.57 Å². The zero-order valence-corrected chi connectivity index (χ0v) is 19.6. The van der Waals surface area contributed by atoms with Crippen LogP contribution in [0.3, 0.4) is 0 Å². The van der Waals surface area contributed by atoms with E-state index in [0.717, 1.165) is 65.4 Å². The van der Waals surface area contributed by atoms with E-state index in [1.165, 1.54) is 0 Å². The van der Waals surface area contributed by atoms with Crippen LogP contribution in [-0.2, 0) is 4.57 Å². The second-order valence-electron chi connectivity index (χ2n) is 9.12. The van der Waals surface area contributed by atoms with Gasteiger partial charge in [0.15, 0.2) is 7.14 Å². The number of pyridine rings is 1. The first-order valence-corrected chi connectivity index (χ1v) is 13.5. The molecule has 164 valence electrons. The fourth-order valence-corrected chi connectivity index (χ4v) is 9.23. The summed E-state index contributed by atoms with van der Waals surface area (Å²) >= 11 is 0. The van der Waals surface area contributed by atoms with Gasteiger partial charge in [-0.2, -0.15) is 0 Å². The molecule has 0 unspecified atom stereocenters. The van der Waals surface area contributed by atoms with E-state index in [1.54, 1.807) is 0 Å². The van der Waals surface area contributed by atoms with Crippen LogP contribution in [0.1, 0.15) is 0 Å². The molecule has 0 saturated carbocycles. The number of fused-ring (bicyclic) bond motifs is 11. The first-order valence-electron chi connectivity index (χ1n) is 11.8. The van der Waals surface area contributed by atoms with Gasteiger partial charge in [-0.1, -0.05) is 97.1 Å². The highest BCUT2D eigenvalue weighted by atomic mass is 31.2. The summed E-state index contributed by atoms with van der Waals surface area (Å²) in [5.41, 5.74) is 6.14. The summed E-state index contributed by atoms with van der Waals surface area (Å²) in [5.74, 6) is 0. The van der Waals surface area contributed by atoms with Crippen molar-refractivity contribution in [3.63, 3.8) is 0 Å². The Morgan fingerprint density at radius 1 is 0.543 bits per heavy atom. The Morgan fingerprint density at radius 3 is 1.89 bits per heavy atom. The standard InChI is InChI=1S/C31H19N2OP/c34-35(27-17-7-2-10-20(27)21-11-3-8-18-28(21)35)29-19-9-13-23-30(29)22-12-1-5-15-25(22)33-26-16-6-4-14-24(26)32-31(23)33/h1-19H. The van der Waals surface area contributed by atoms with Crippen LogP contribution in [0.4, 0.5) is 0 Å². The smallest absolute Gasteiger partial charge is 0.172 e. The highest BCUT2D eigenvalue weighted by Crippen LogP contribution is 2.53. The van der Waals surface area contributed by atoms with Gasteiger partial charge in [0.25, 0.3) is 0 Å². The van der Waals surface area contributed by atoms with Crippen LogP contribution in [0.2, 0.25) is 0 Å². The minimum Gasteiger partial charge on any atom is -0.309 e. The number of para-hydroxylation sites is 3. The molecule has 1 aliphatic rings. The summed E-state index contributed by atoms with van der Waals surface area (Å²) in [5, 5.41) is 5.87. The van der Waals surface area contributed by atoms with Crippen LogP contribution in [0.5, 0.6) is 0 Å². The molecule has 0 bridgehead atoms. The largest absolute Gasteiger partial charge is 0.309 e. The first-order chi connectivity index (χ1) is 17.3. The van der Waals surface area contributed by atoms with E-state index in [-0.39, 0.29) is 0 Å². The third-order valence-corrected chi connectivity index (χ3v) is 10.6. The van der Waals surface area contributed by atoms with Gasteiger partial charge in [0.05, 0.1) is 16.6 Å². The van der Waals surface area contributed by atoms with E-state index in [2.05, 4.69) is 71.1 Å². The van der Waals surface area contributed by atoms with Gasteiger partial charge < -0.3 is 4.57 Å². The van der Waals surface area contributed by atoms with Crippen molar-refractivity contribution in [2.45, 2.75) is 0 Å². The van der Waals surface area contributed by atoms with Crippen molar-refractivity contribution in [2.24, 2.45) is 0 Å². The van der Waals surface area contributed by atoms with Gasteiger partial charge in [0.2, 0.25) is 0 Å². The molecule has 0 atom stereocenters. The van der Waals surface area contributed by atoms with Gasteiger partial charge in [-0.05, 0) is 29.3 Å². The predicted octanol–water partition coefficient (Wildman–Crippen LogP) is 6.41. The van der Waals surface area contributed by atoms with Crippen molar-refractivity contribution < 1.29 is 4.57 Å². The number of hydrogen-bond acceptors (Lipinski definition) is 2. The lowest BCUT2D eigenvalue weighted by molar-refractivity contribution is 0.593. The summed E-state index contributed by atoms with van der Waals surface area (Å²) in [6.45, 7) is 0. The second kappa shape index (κ2) is 6.69. The molecule has 1 aliphatic heterocycles. The zero-order valence-electron chi connectivity index (χ0n) is 18.7. The number of imidazole rings is 1. The van der Waals surface area contributed by atoms with Crippen LogP contribution in [0, 0.1) is 0 Å². The van der Waals surface area contributed by atoms with Crippen molar-refractivity contribution >= 4 is 61.4 Å². The monoisotopic (exact) mass is 466 g/mol. The van der Waals surface area contributed by atoms with E-state index in [4.69, 9.17) is 4.98 Å². The maximum Gasteiger partial charge on any atom is 0.172 e. The maximum atomic E-state index is 15.4. The van der Waals surface area contributed by atoms with E-state index < -0.39 is 7.14 Å². The molecule has 0 radical (unpaired) electrons. The molecule has 0 spiro atoms. The minimum atomic E-state index is -3.10. The minimum absolute atomic E-state index is 0.887. The number of benzene rings is 5. The van der Waals surface area contributed by atoms with Gasteiger partial charge in [-0.3, -0.25) is 4.40 Å². The van der Waals surface area contributed by atoms with Crippen LogP contribution < -0.4 is 15.9 Å². The molecule has 0 fully saturated rings. The molecule has 35 heavy (non-hydrogen) atoms. The predicted molar refractivity (Wildman–Crippen MR) is 146 cm³/mol. The van der Waals surface area contributed by atoms with Gasteiger partial charge in [-0.25, -0.2) is 4.98 Å². The summed E-state index contributed by atoms with van der Waals surface area (Å²) in [6.07, 6.45) is 0. The quantitative estimate of drug-likeness (QED) is 0.207. The molecule has 3 heterocycles. The fraction of sp³-hybridized carbons (Fsp3) is 0. The van der Waals surface area contributed by atoms with E-state index in [0.29, 0.717) is 0 Å². The molecule has 3 nitrogen and oxygen atoms in total. The lowest BCUT2D eigenvalue weighted by Gasteiger charge is -2.20. The highest BCUT2D eigenvalue weighted by Gasteiger charge is 2.41. The average Bonchev–Trinajstić information content (AvgIpc) is 3.44. The van der Waals surface area contributed by atoms with Crippen LogP contribution in [0.15, 0.2) is 115 Å². The number of nitrogens with zero attached hydrogens (tertiary/aromatic N) is 2. The summed E-state index contributed by atoms with van der Waals surface area (Å²) in [7, 11) is -3.10. The van der Waals surface area contributed by atoms with Crippen molar-refractivity contribution in [1.82, 2.24) is 9.38 Å². The molecule has 0 saturated heterocycles. The topological polar surface area (TPSA) is 34.4 Å². The number of rotatable bonds is 1. The lowest BCUT2D eigenvalue weighted by Crippen LogP contribution is -2.22. The molecule has 2 aromatic heterocycles. The average molecular weight is 466 g/mol. The van der Waals surface area contributed by atoms with Gasteiger partial charge in [0, 0.05) is 32.1 Å². The Morgan fingerprint density at radius 2 is 1.11 bits per heavy atom. The second-order valence-corrected chi connectivity index (χ2v) is 11.8. The normalized spacial score (nSPS) is 14.1. The maximum absolute atomic E-state index is 15.4. The zero-order chi connectivity index (χ0) is 23.1. The SMILES string of the molecule is O=P1(c2cccc3c2c2ccccc2n2c4ccccc4nc32)c2ccccc2-c2ccccc21. The van der Waals surface area contributed by atoms with E-state index in [9.17, 15) is 0 Å². The molecular weight excluding hydrogens is 447 g/mol. The summed E-state index contributed by atoms with van der Waals surface area (Å²) < 4.78 is 17.6. The van der Waals surface area contributed by atoms with Gasteiger partial charge >= 0.3 is 0 Å².